The standard InChI is InChI=1S/C21H15ClN2O3/c22-18-12-10-15(11-13-18)20(25)24-23-14-17-8-4-5-9-19(17)27-21(26)16-6-2-1-3-7-16/h1-14H,(H,24,25). The third-order valence-corrected chi connectivity index (χ3v) is 3.86. The first-order chi connectivity index (χ1) is 13.1. The van der Waals surface area contributed by atoms with Gasteiger partial charge in [0.2, 0.25) is 0 Å². The third-order valence-electron chi connectivity index (χ3n) is 3.61. The Morgan fingerprint density at radius 1 is 0.852 bits per heavy atom. The third kappa shape index (κ3) is 5.03. The van der Waals surface area contributed by atoms with Gasteiger partial charge in [-0.1, -0.05) is 41.9 Å². The Morgan fingerprint density at radius 3 is 2.26 bits per heavy atom. The van der Waals surface area contributed by atoms with Crippen LogP contribution >= 0.6 is 11.6 Å². The Labute approximate surface area is 161 Å². The van der Waals surface area contributed by atoms with Crippen molar-refractivity contribution in [2.45, 2.75) is 0 Å². The van der Waals surface area contributed by atoms with E-state index >= 15 is 0 Å². The molecule has 27 heavy (non-hydrogen) atoms. The second-order valence-corrected chi connectivity index (χ2v) is 5.94. The molecule has 0 saturated heterocycles. The van der Waals surface area contributed by atoms with Gasteiger partial charge in [-0.15, -0.1) is 0 Å². The van der Waals surface area contributed by atoms with Crippen LogP contribution in [0, 0.1) is 0 Å². The zero-order valence-corrected chi connectivity index (χ0v) is 14.9. The Bertz CT molecular complexity index is 970. The summed E-state index contributed by atoms with van der Waals surface area (Å²) in [4.78, 5) is 24.3. The van der Waals surface area contributed by atoms with Gasteiger partial charge >= 0.3 is 5.97 Å². The summed E-state index contributed by atoms with van der Waals surface area (Å²) in [6.45, 7) is 0. The van der Waals surface area contributed by atoms with Crippen LogP contribution in [0.4, 0.5) is 0 Å². The molecule has 3 aromatic rings. The number of nitrogens with zero attached hydrogens (tertiary/aromatic N) is 1. The van der Waals surface area contributed by atoms with Crippen LogP contribution in [0.5, 0.6) is 5.75 Å². The van der Waals surface area contributed by atoms with E-state index in [1.165, 1.54) is 6.21 Å². The molecule has 1 N–H and O–H groups in total. The lowest BCUT2D eigenvalue weighted by Crippen LogP contribution is -2.17. The molecule has 0 atom stereocenters. The molecule has 6 heteroatoms. The predicted molar refractivity (Wildman–Crippen MR) is 104 cm³/mol. The summed E-state index contributed by atoms with van der Waals surface area (Å²) in [6, 6.07) is 22.0. The van der Waals surface area contributed by atoms with Crippen LogP contribution in [0.15, 0.2) is 84.0 Å². The number of esters is 1. The molecule has 3 aromatic carbocycles. The Morgan fingerprint density at radius 2 is 1.52 bits per heavy atom. The largest absolute Gasteiger partial charge is 0.422 e. The van der Waals surface area contributed by atoms with Crippen LogP contribution in [0.1, 0.15) is 26.3 Å². The second kappa shape index (κ2) is 8.78. The van der Waals surface area contributed by atoms with Gasteiger partial charge in [0, 0.05) is 16.1 Å². The lowest BCUT2D eigenvalue weighted by atomic mass is 10.2. The quantitative estimate of drug-likeness (QED) is 0.311. The van der Waals surface area contributed by atoms with Crippen molar-refractivity contribution in [3.8, 4) is 5.75 Å². The molecule has 0 saturated carbocycles. The molecule has 3 rings (SSSR count). The van der Waals surface area contributed by atoms with Gasteiger partial charge in [-0.25, -0.2) is 10.2 Å². The van der Waals surface area contributed by atoms with Crippen molar-refractivity contribution in [2.24, 2.45) is 5.10 Å². The highest BCUT2D eigenvalue weighted by Crippen LogP contribution is 2.17. The fourth-order valence-corrected chi connectivity index (χ4v) is 2.37. The normalized spacial score (nSPS) is 10.6. The highest BCUT2D eigenvalue weighted by atomic mass is 35.5. The van der Waals surface area contributed by atoms with Gasteiger partial charge in [-0.3, -0.25) is 4.79 Å². The summed E-state index contributed by atoms with van der Waals surface area (Å²) in [6.07, 6.45) is 1.42. The smallest absolute Gasteiger partial charge is 0.343 e. The number of benzene rings is 3. The summed E-state index contributed by atoms with van der Waals surface area (Å²) in [7, 11) is 0. The molecular formula is C21H15ClN2O3. The minimum Gasteiger partial charge on any atom is -0.422 e. The molecule has 0 aliphatic carbocycles. The van der Waals surface area contributed by atoms with E-state index in [0.717, 1.165) is 0 Å². The van der Waals surface area contributed by atoms with E-state index in [2.05, 4.69) is 10.5 Å². The lowest BCUT2D eigenvalue weighted by Gasteiger charge is -2.07. The zero-order valence-electron chi connectivity index (χ0n) is 14.1. The first-order valence-corrected chi connectivity index (χ1v) is 8.46. The topological polar surface area (TPSA) is 67.8 Å². The first kappa shape index (κ1) is 18.4. The molecule has 0 spiro atoms. The monoisotopic (exact) mass is 378 g/mol. The number of amides is 1. The summed E-state index contributed by atoms with van der Waals surface area (Å²) in [5.74, 6) is -0.501. The maximum atomic E-state index is 12.2. The number of hydrazone groups is 1. The van der Waals surface area contributed by atoms with Gasteiger partial charge in [0.25, 0.3) is 5.91 Å². The summed E-state index contributed by atoms with van der Waals surface area (Å²) >= 11 is 5.80. The molecule has 134 valence electrons. The van der Waals surface area contributed by atoms with Crippen molar-refractivity contribution < 1.29 is 14.3 Å². The minimum atomic E-state index is -0.471. The number of nitrogens with one attached hydrogen (secondary N) is 1. The van der Waals surface area contributed by atoms with Crippen LogP contribution in [0.2, 0.25) is 5.02 Å². The van der Waals surface area contributed by atoms with Crippen LogP contribution in [0.3, 0.4) is 0 Å². The van der Waals surface area contributed by atoms with Crippen molar-refractivity contribution in [3.63, 3.8) is 0 Å². The maximum Gasteiger partial charge on any atom is 0.343 e. The fraction of sp³-hybridized carbons (Fsp3) is 0. The van der Waals surface area contributed by atoms with Gasteiger partial charge in [0.1, 0.15) is 5.75 Å². The zero-order chi connectivity index (χ0) is 19.1. The summed E-state index contributed by atoms with van der Waals surface area (Å²) in [5, 5.41) is 4.48. The number of halogens is 1. The van der Waals surface area contributed by atoms with Crippen LogP contribution in [-0.2, 0) is 0 Å². The van der Waals surface area contributed by atoms with Gasteiger partial charge in [-0.2, -0.15) is 5.10 Å². The highest BCUT2D eigenvalue weighted by Gasteiger charge is 2.10. The number of carbonyl (C=O) groups excluding carboxylic acids is 2. The van der Waals surface area contributed by atoms with Crippen LogP contribution in [-0.4, -0.2) is 18.1 Å². The van der Waals surface area contributed by atoms with Crippen molar-refractivity contribution in [3.05, 3.63) is 101 Å². The SMILES string of the molecule is O=C(NN=Cc1ccccc1OC(=O)c1ccccc1)c1ccc(Cl)cc1. The molecule has 1 amide bonds. The number of hydrogen-bond acceptors (Lipinski definition) is 4. The van der Waals surface area contributed by atoms with Crippen molar-refractivity contribution in [1.29, 1.82) is 0 Å². The average molecular weight is 379 g/mol. The fourth-order valence-electron chi connectivity index (χ4n) is 2.24. The van der Waals surface area contributed by atoms with E-state index in [0.29, 0.717) is 27.5 Å². The molecule has 0 heterocycles. The predicted octanol–water partition coefficient (Wildman–Crippen LogP) is 4.32. The van der Waals surface area contributed by atoms with Gasteiger partial charge < -0.3 is 4.74 Å². The molecule has 0 bridgehead atoms. The number of para-hydroxylation sites is 1. The highest BCUT2D eigenvalue weighted by molar-refractivity contribution is 6.30. The molecule has 0 aromatic heterocycles. The van der Waals surface area contributed by atoms with Gasteiger partial charge in [0.15, 0.2) is 0 Å². The van der Waals surface area contributed by atoms with E-state index in [9.17, 15) is 9.59 Å². The Balaban J connectivity index is 1.68. The van der Waals surface area contributed by atoms with E-state index in [1.807, 2.05) is 6.07 Å². The van der Waals surface area contributed by atoms with Gasteiger partial charge in [0.05, 0.1) is 11.8 Å². The number of rotatable bonds is 5. The second-order valence-electron chi connectivity index (χ2n) is 5.50. The molecule has 0 radical (unpaired) electrons. The number of carbonyl (C=O) groups is 2. The van der Waals surface area contributed by atoms with E-state index in [1.54, 1.807) is 72.8 Å². The Kier molecular flexibility index (Phi) is 5.97. The van der Waals surface area contributed by atoms with E-state index in [4.69, 9.17) is 16.3 Å². The van der Waals surface area contributed by atoms with Crippen molar-refractivity contribution >= 4 is 29.7 Å². The molecular weight excluding hydrogens is 364 g/mol. The van der Waals surface area contributed by atoms with E-state index in [-0.39, 0.29) is 5.91 Å². The van der Waals surface area contributed by atoms with Crippen LogP contribution in [0.25, 0.3) is 0 Å². The van der Waals surface area contributed by atoms with E-state index < -0.39 is 5.97 Å². The first-order valence-electron chi connectivity index (χ1n) is 8.09. The van der Waals surface area contributed by atoms with Crippen molar-refractivity contribution in [1.82, 2.24) is 5.43 Å². The molecule has 5 nitrogen and oxygen atoms in total. The molecule has 0 aliphatic rings. The summed E-state index contributed by atoms with van der Waals surface area (Å²) in [5.41, 5.74) is 3.86. The number of hydrogen-bond donors (Lipinski definition) is 1. The minimum absolute atomic E-state index is 0.343. The maximum absolute atomic E-state index is 12.2. The molecule has 0 unspecified atom stereocenters. The average Bonchev–Trinajstić information content (AvgIpc) is 2.70. The molecule has 0 fully saturated rings. The lowest BCUT2D eigenvalue weighted by molar-refractivity contribution is 0.0734. The Hall–Kier alpha value is -3.44. The summed E-state index contributed by atoms with van der Waals surface area (Å²) < 4.78 is 5.43. The molecule has 0 aliphatic heterocycles. The van der Waals surface area contributed by atoms with Crippen molar-refractivity contribution in [2.75, 3.05) is 0 Å². The van der Waals surface area contributed by atoms with Gasteiger partial charge in [-0.05, 0) is 48.5 Å². The number of ether oxygens (including phenoxy) is 1. The van der Waals surface area contributed by atoms with Crippen LogP contribution < -0.4 is 10.2 Å².